The van der Waals surface area contributed by atoms with E-state index < -0.39 is 0 Å². The molecule has 152 valence electrons. The monoisotopic (exact) mass is 413 g/mol. The summed E-state index contributed by atoms with van der Waals surface area (Å²) in [5, 5.41) is 4.71. The summed E-state index contributed by atoms with van der Waals surface area (Å²) < 4.78 is 11.3. The van der Waals surface area contributed by atoms with Crippen molar-refractivity contribution in [2.45, 2.75) is 51.5 Å². The highest BCUT2D eigenvalue weighted by molar-refractivity contribution is 6.31. The van der Waals surface area contributed by atoms with Gasteiger partial charge in [-0.25, -0.2) is 4.98 Å². The van der Waals surface area contributed by atoms with E-state index in [0.717, 1.165) is 36.3 Å². The van der Waals surface area contributed by atoms with Crippen molar-refractivity contribution < 1.29 is 13.7 Å². The average Bonchev–Trinajstić information content (AvgIpc) is 3.39. The third-order valence-electron chi connectivity index (χ3n) is 5.27. The number of amides is 1. The quantitative estimate of drug-likeness (QED) is 0.560. The van der Waals surface area contributed by atoms with Crippen LogP contribution in [0.25, 0.3) is 0 Å². The van der Waals surface area contributed by atoms with Gasteiger partial charge in [-0.15, -0.1) is 0 Å². The Morgan fingerprint density at radius 2 is 2.14 bits per heavy atom. The van der Waals surface area contributed by atoms with Crippen molar-refractivity contribution >= 4 is 17.5 Å². The summed E-state index contributed by atoms with van der Waals surface area (Å²) in [6, 6.07) is 9.20. The molecule has 2 aromatic heterocycles. The Bertz CT molecular complexity index is 995. The zero-order valence-corrected chi connectivity index (χ0v) is 17.4. The van der Waals surface area contributed by atoms with E-state index in [0.29, 0.717) is 23.9 Å². The molecule has 29 heavy (non-hydrogen) atoms. The number of nitrogens with zero attached hydrogens (tertiary/aromatic N) is 3. The molecule has 0 bridgehead atoms. The first-order valence-corrected chi connectivity index (χ1v) is 10.4. The van der Waals surface area contributed by atoms with E-state index in [1.165, 1.54) is 0 Å². The molecule has 0 saturated carbocycles. The normalized spacial score (nSPS) is 17.1. The van der Waals surface area contributed by atoms with Gasteiger partial charge in [0.1, 0.15) is 11.8 Å². The molecule has 0 aliphatic carbocycles. The van der Waals surface area contributed by atoms with E-state index in [-0.39, 0.29) is 23.6 Å². The molecule has 1 aromatic carbocycles. The first-order chi connectivity index (χ1) is 14.0. The Kier molecular flexibility index (Phi) is 5.72. The lowest BCUT2D eigenvalue weighted by atomic mass is 10.0. The second kappa shape index (κ2) is 8.41. The Balaban J connectivity index is 1.54. The van der Waals surface area contributed by atoms with E-state index in [1.807, 2.05) is 38.1 Å². The number of carbonyl (C=O) groups is 1. The minimum Gasteiger partial charge on any atom is -0.443 e. The largest absolute Gasteiger partial charge is 0.443 e. The van der Waals surface area contributed by atoms with Gasteiger partial charge in [-0.05, 0) is 36.8 Å². The molecule has 7 heteroatoms. The zero-order chi connectivity index (χ0) is 20.4. The number of hydrogen-bond acceptors (Lipinski definition) is 5. The van der Waals surface area contributed by atoms with Crippen molar-refractivity contribution in [1.82, 2.24) is 15.0 Å². The van der Waals surface area contributed by atoms with Gasteiger partial charge >= 0.3 is 0 Å². The van der Waals surface area contributed by atoms with Crippen molar-refractivity contribution in [3.8, 4) is 0 Å². The summed E-state index contributed by atoms with van der Waals surface area (Å²) in [5.41, 5.74) is 1.76. The Morgan fingerprint density at radius 1 is 1.31 bits per heavy atom. The third kappa shape index (κ3) is 4.22. The molecule has 1 saturated heterocycles. The van der Waals surface area contributed by atoms with Crippen LogP contribution in [-0.2, 0) is 6.42 Å². The molecular weight excluding hydrogens is 390 g/mol. The minimum atomic E-state index is -0.205. The summed E-state index contributed by atoms with van der Waals surface area (Å²) in [4.78, 5) is 19.3. The number of rotatable bonds is 5. The van der Waals surface area contributed by atoms with Crippen LogP contribution in [0.5, 0.6) is 0 Å². The van der Waals surface area contributed by atoms with Gasteiger partial charge in [0.05, 0.1) is 11.9 Å². The highest BCUT2D eigenvalue weighted by atomic mass is 35.5. The Morgan fingerprint density at radius 3 is 2.90 bits per heavy atom. The number of hydrogen-bond donors (Lipinski definition) is 0. The maximum absolute atomic E-state index is 13.1. The van der Waals surface area contributed by atoms with E-state index in [1.54, 1.807) is 17.2 Å². The highest BCUT2D eigenvalue weighted by Gasteiger charge is 2.33. The van der Waals surface area contributed by atoms with Crippen molar-refractivity contribution in [3.05, 3.63) is 70.2 Å². The van der Waals surface area contributed by atoms with Gasteiger partial charge < -0.3 is 13.8 Å². The van der Waals surface area contributed by atoms with Gasteiger partial charge in [-0.1, -0.05) is 48.8 Å². The van der Waals surface area contributed by atoms with Crippen molar-refractivity contribution in [3.63, 3.8) is 0 Å². The predicted octanol–water partition coefficient (Wildman–Crippen LogP) is 5.40. The average molecular weight is 414 g/mol. The molecule has 3 heterocycles. The molecule has 1 unspecified atom stereocenters. The van der Waals surface area contributed by atoms with E-state index in [4.69, 9.17) is 20.5 Å². The summed E-state index contributed by atoms with van der Waals surface area (Å²) in [5.74, 6) is 1.59. The smallest absolute Gasteiger partial charge is 0.293 e. The van der Waals surface area contributed by atoms with Crippen LogP contribution in [-0.4, -0.2) is 27.5 Å². The number of piperidine rings is 1. The van der Waals surface area contributed by atoms with Gasteiger partial charge in [0.15, 0.2) is 0 Å². The Hall–Kier alpha value is -2.60. The van der Waals surface area contributed by atoms with Gasteiger partial charge in [0.25, 0.3) is 5.91 Å². The number of likely N-dealkylation sites (tertiary alicyclic amines) is 1. The van der Waals surface area contributed by atoms with Crippen molar-refractivity contribution in [2.75, 3.05) is 6.54 Å². The van der Waals surface area contributed by atoms with Crippen LogP contribution >= 0.6 is 11.6 Å². The van der Waals surface area contributed by atoms with Crippen LogP contribution in [0.1, 0.15) is 78.5 Å². The number of carbonyl (C=O) groups excluding carboxylic acids is 1. The molecular formula is C22H24ClN3O3. The van der Waals surface area contributed by atoms with Crippen LogP contribution < -0.4 is 0 Å². The summed E-state index contributed by atoms with van der Waals surface area (Å²) in [6.07, 6.45) is 5.06. The number of benzene rings is 1. The summed E-state index contributed by atoms with van der Waals surface area (Å²) in [6.45, 7) is 4.68. The van der Waals surface area contributed by atoms with Crippen LogP contribution in [0, 0.1) is 0 Å². The number of oxazole rings is 1. The van der Waals surface area contributed by atoms with E-state index in [9.17, 15) is 4.79 Å². The zero-order valence-electron chi connectivity index (χ0n) is 16.6. The van der Waals surface area contributed by atoms with Crippen LogP contribution in [0.15, 0.2) is 45.5 Å². The molecule has 1 amide bonds. The fraction of sp³-hybridized carbons (Fsp3) is 0.409. The van der Waals surface area contributed by atoms with Gasteiger partial charge in [0.2, 0.25) is 11.7 Å². The Labute approximate surface area is 174 Å². The lowest BCUT2D eigenvalue weighted by molar-refractivity contribution is 0.0528. The molecule has 0 spiro atoms. The van der Waals surface area contributed by atoms with Gasteiger partial charge in [0, 0.05) is 24.1 Å². The first-order valence-electron chi connectivity index (χ1n) is 9.98. The summed E-state index contributed by atoms with van der Waals surface area (Å²) in [7, 11) is 0. The minimum absolute atomic E-state index is 0.167. The van der Waals surface area contributed by atoms with Gasteiger partial charge in [-0.2, -0.15) is 0 Å². The van der Waals surface area contributed by atoms with E-state index in [2.05, 4.69) is 10.1 Å². The standard InChI is InChI=1S/C22H24ClN3O3/c1-14(2)18-12-20(29-25-18)22(27)26-10-6-5-9-19(26)21-24-13-16(28-21)11-15-7-3-4-8-17(15)23/h3-4,7-8,12-14,19H,5-6,9-11H2,1-2H3. The van der Waals surface area contributed by atoms with Crippen LogP contribution in [0.3, 0.4) is 0 Å². The van der Waals surface area contributed by atoms with Gasteiger partial charge in [-0.3, -0.25) is 4.79 Å². The molecule has 3 aromatic rings. The lowest BCUT2D eigenvalue weighted by Crippen LogP contribution is -2.38. The molecule has 1 atom stereocenters. The van der Waals surface area contributed by atoms with Crippen LogP contribution in [0.4, 0.5) is 0 Å². The van der Waals surface area contributed by atoms with E-state index >= 15 is 0 Å². The second-order valence-corrected chi connectivity index (χ2v) is 8.12. The SMILES string of the molecule is CC(C)c1cc(C(=O)N2CCCCC2c2ncc(Cc3ccccc3Cl)o2)on1. The molecule has 1 aliphatic heterocycles. The maximum Gasteiger partial charge on any atom is 0.293 e. The van der Waals surface area contributed by atoms with Crippen LogP contribution in [0.2, 0.25) is 5.02 Å². The highest BCUT2D eigenvalue weighted by Crippen LogP contribution is 2.33. The topological polar surface area (TPSA) is 72.4 Å². The van der Waals surface area contributed by atoms with Crippen molar-refractivity contribution in [2.24, 2.45) is 0 Å². The summed E-state index contributed by atoms with van der Waals surface area (Å²) >= 11 is 6.26. The lowest BCUT2D eigenvalue weighted by Gasteiger charge is -2.32. The second-order valence-electron chi connectivity index (χ2n) is 7.71. The molecule has 0 radical (unpaired) electrons. The molecule has 1 fully saturated rings. The third-order valence-corrected chi connectivity index (χ3v) is 5.64. The maximum atomic E-state index is 13.1. The fourth-order valence-corrected chi connectivity index (χ4v) is 3.83. The van der Waals surface area contributed by atoms with Crippen molar-refractivity contribution in [1.29, 1.82) is 0 Å². The first kappa shape index (κ1) is 19.7. The molecule has 4 rings (SSSR count). The number of halogens is 1. The predicted molar refractivity (Wildman–Crippen MR) is 109 cm³/mol. The molecule has 1 aliphatic rings. The molecule has 6 nitrogen and oxygen atoms in total. The number of aromatic nitrogens is 2. The fourth-order valence-electron chi connectivity index (χ4n) is 3.62. The molecule has 0 N–H and O–H groups in total.